The lowest BCUT2D eigenvalue weighted by Gasteiger charge is -2.38. The van der Waals surface area contributed by atoms with Crippen molar-refractivity contribution < 1.29 is 5.11 Å². The summed E-state index contributed by atoms with van der Waals surface area (Å²) in [5.41, 5.74) is 0.474. The molecule has 102 valence electrons. The van der Waals surface area contributed by atoms with E-state index >= 15 is 0 Å². The van der Waals surface area contributed by atoms with Crippen molar-refractivity contribution in [2.24, 2.45) is 11.3 Å². The second-order valence-electron chi connectivity index (χ2n) is 6.41. The van der Waals surface area contributed by atoms with Crippen molar-refractivity contribution in [3.63, 3.8) is 0 Å². The van der Waals surface area contributed by atoms with Crippen LogP contribution in [0.5, 0.6) is 0 Å². The van der Waals surface area contributed by atoms with E-state index in [9.17, 15) is 5.11 Å². The van der Waals surface area contributed by atoms with Gasteiger partial charge >= 0.3 is 0 Å². The van der Waals surface area contributed by atoms with Crippen LogP contribution in [0, 0.1) is 11.3 Å². The average molecular weight is 268 g/mol. The fraction of sp³-hybridized carbons (Fsp3) is 0.857. The molecule has 1 N–H and O–H groups in total. The van der Waals surface area contributed by atoms with Crippen molar-refractivity contribution in [1.82, 2.24) is 10.2 Å². The zero-order valence-corrected chi connectivity index (χ0v) is 12.6. The van der Waals surface area contributed by atoms with E-state index in [0.29, 0.717) is 11.3 Å². The largest absolute Gasteiger partial charge is 0.386 e. The summed E-state index contributed by atoms with van der Waals surface area (Å²) in [6, 6.07) is 0. The van der Waals surface area contributed by atoms with Gasteiger partial charge in [-0.15, -0.1) is 10.2 Å². The molecule has 0 amide bonds. The monoisotopic (exact) mass is 268 g/mol. The average Bonchev–Trinajstić information content (AvgIpc) is 2.72. The lowest BCUT2D eigenvalue weighted by molar-refractivity contribution is 0.163. The Morgan fingerprint density at radius 3 is 2.56 bits per heavy atom. The highest BCUT2D eigenvalue weighted by Crippen LogP contribution is 2.48. The number of rotatable bonds is 5. The molecule has 1 aromatic rings. The van der Waals surface area contributed by atoms with E-state index in [1.165, 1.54) is 25.7 Å². The minimum absolute atomic E-state index is 0.474. The maximum atomic E-state index is 9.45. The van der Waals surface area contributed by atoms with E-state index < -0.39 is 6.10 Å². The summed E-state index contributed by atoms with van der Waals surface area (Å²) in [5, 5.41) is 19.6. The highest BCUT2D eigenvalue weighted by molar-refractivity contribution is 7.11. The van der Waals surface area contributed by atoms with Gasteiger partial charge in [-0.05, 0) is 37.5 Å². The minimum atomic E-state index is -0.480. The first kappa shape index (κ1) is 13.9. The van der Waals surface area contributed by atoms with Gasteiger partial charge < -0.3 is 5.11 Å². The highest BCUT2D eigenvalue weighted by Gasteiger charge is 2.35. The van der Waals surface area contributed by atoms with Gasteiger partial charge in [-0.25, -0.2) is 0 Å². The van der Waals surface area contributed by atoms with Crippen LogP contribution in [0.1, 0.15) is 75.4 Å². The number of hydrogen-bond donors (Lipinski definition) is 1. The number of hydrogen-bond acceptors (Lipinski definition) is 4. The van der Waals surface area contributed by atoms with Gasteiger partial charge in [0.05, 0.1) is 0 Å². The normalized spacial score (nSPS) is 25.8. The summed E-state index contributed by atoms with van der Waals surface area (Å²) in [7, 11) is 0. The van der Waals surface area contributed by atoms with Crippen LogP contribution in [0.25, 0.3) is 0 Å². The summed E-state index contributed by atoms with van der Waals surface area (Å²) >= 11 is 1.58. The Balaban J connectivity index is 1.85. The zero-order valence-electron chi connectivity index (χ0n) is 11.8. The van der Waals surface area contributed by atoms with Crippen molar-refractivity contribution in [3.05, 3.63) is 10.0 Å². The molecule has 1 fully saturated rings. The number of nitrogens with zero attached hydrogens (tertiary/aromatic N) is 2. The molecule has 1 saturated carbocycles. The number of aliphatic hydroxyl groups is 1. The number of aliphatic hydroxyl groups excluding tert-OH is 1. The number of aromatic nitrogens is 2. The molecular weight excluding hydrogens is 244 g/mol. The van der Waals surface area contributed by atoms with Crippen molar-refractivity contribution >= 4 is 11.3 Å². The van der Waals surface area contributed by atoms with Gasteiger partial charge in [0.15, 0.2) is 0 Å². The summed E-state index contributed by atoms with van der Waals surface area (Å²) in [6.07, 6.45) is 4.59. The molecule has 0 radical (unpaired) electrons. The maximum absolute atomic E-state index is 9.45. The van der Waals surface area contributed by atoms with Crippen molar-refractivity contribution in [1.29, 1.82) is 0 Å². The van der Waals surface area contributed by atoms with E-state index in [-0.39, 0.29) is 0 Å². The summed E-state index contributed by atoms with van der Waals surface area (Å²) in [5.74, 6) is 1.44. The van der Waals surface area contributed by atoms with Crippen LogP contribution in [-0.4, -0.2) is 15.3 Å². The Labute approximate surface area is 114 Å². The first-order valence-electron chi connectivity index (χ1n) is 6.92. The maximum Gasteiger partial charge on any atom is 0.145 e. The Morgan fingerprint density at radius 2 is 2.06 bits per heavy atom. The quantitative estimate of drug-likeness (QED) is 0.880. The molecule has 18 heavy (non-hydrogen) atoms. The molecular formula is C14H24N2OS. The zero-order chi connectivity index (χ0) is 13.3. The third-order valence-corrected chi connectivity index (χ3v) is 5.45. The van der Waals surface area contributed by atoms with Crippen molar-refractivity contribution in [3.8, 4) is 0 Å². The van der Waals surface area contributed by atoms with Gasteiger partial charge in [-0.3, -0.25) is 0 Å². The molecule has 1 aliphatic carbocycles. The predicted molar refractivity (Wildman–Crippen MR) is 74.7 cm³/mol. The Bertz CT molecular complexity index is 394. The van der Waals surface area contributed by atoms with Gasteiger partial charge in [0.2, 0.25) is 0 Å². The molecule has 0 bridgehead atoms. The van der Waals surface area contributed by atoms with Crippen LogP contribution < -0.4 is 0 Å². The first-order valence-corrected chi connectivity index (χ1v) is 7.74. The van der Waals surface area contributed by atoms with Crippen LogP contribution in [0.15, 0.2) is 0 Å². The standard InChI is InChI=1S/C14H24N2OS/c1-5-14(3,4)8-10-6-11(7-10)13-16-15-12(18-13)9(2)17/h9-11,17H,5-8H2,1-4H3/t9-,10-,11-/m1/s1. The molecule has 4 heteroatoms. The molecule has 2 rings (SSSR count). The van der Waals surface area contributed by atoms with Crippen LogP contribution in [0.4, 0.5) is 0 Å². The molecule has 1 aliphatic rings. The molecule has 1 aromatic heterocycles. The molecule has 0 saturated heterocycles. The van der Waals surface area contributed by atoms with Crippen LogP contribution in [0.2, 0.25) is 0 Å². The lowest BCUT2D eigenvalue weighted by atomic mass is 9.67. The Kier molecular flexibility index (Phi) is 4.07. The summed E-state index contributed by atoms with van der Waals surface area (Å²) < 4.78 is 0. The van der Waals surface area contributed by atoms with Crippen LogP contribution >= 0.6 is 11.3 Å². The smallest absolute Gasteiger partial charge is 0.145 e. The van der Waals surface area contributed by atoms with E-state index in [4.69, 9.17) is 0 Å². The third-order valence-electron chi connectivity index (χ3n) is 4.20. The second kappa shape index (κ2) is 5.25. The first-order chi connectivity index (χ1) is 8.41. The van der Waals surface area contributed by atoms with E-state index in [2.05, 4.69) is 31.0 Å². The molecule has 0 aliphatic heterocycles. The molecule has 1 heterocycles. The van der Waals surface area contributed by atoms with Gasteiger partial charge in [0.1, 0.15) is 16.1 Å². The predicted octanol–water partition coefficient (Wildman–Crippen LogP) is 3.91. The summed E-state index contributed by atoms with van der Waals surface area (Å²) in [4.78, 5) is 0. The van der Waals surface area contributed by atoms with E-state index in [1.807, 2.05) is 0 Å². The second-order valence-corrected chi connectivity index (χ2v) is 7.45. The van der Waals surface area contributed by atoms with Gasteiger partial charge in [-0.2, -0.15) is 0 Å². The Hall–Kier alpha value is -0.480. The molecule has 0 aromatic carbocycles. The molecule has 3 nitrogen and oxygen atoms in total. The Morgan fingerprint density at radius 1 is 1.39 bits per heavy atom. The van der Waals surface area contributed by atoms with E-state index in [1.54, 1.807) is 18.3 Å². The topological polar surface area (TPSA) is 46.0 Å². The highest BCUT2D eigenvalue weighted by atomic mass is 32.1. The van der Waals surface area contributed by atoms with Crippen molar-refractivity contribution in [2.45, 2.75) is 65.4 Å². The molecule has 0 unspecified atom stereocenters. The van der Waals surface area contributed by atoms with E-state index in [0.717, 1.165) is 15.9 Å². The third kappa shape index (κ3) is 3.09. The fourth-order valence-electron chi connectivity index (χ4n) is 2.61. The van der Waals surface area contributed by atoms with Gasteiger partial charge in [0, 0.05) is 5.92 Å². The molecule has 1 atom stereocenters. The lowest BCUT2D eigenvalue weighted by Crippen LogP contribution is -2.27. The fourth-order valence-corrected chi connectivity index (χ4v) is 3.52. The molecule has 0 spiro atoms. The van der Waals surface area contributed by atoms with Gasteiger partial charge in [-0.1, -0.05) is 38.5 Å². The summed E-state index contributed by atoms with van der Waals surface area (Å²) in [6.45, 7) is 8.74. The van der Waals surface area contributed by atoms with Crippen LogP contribution in [0.3, 0.4) is 0 Å². The SMILES string of the molecule is CCC(C)(C)C[C@H]1C[C@H](c2nnc([C@@H](C)O)s2)C1. The minimum Gasteiger partial charge on any atom is -0.386 e. The van der Waals surface area contributed by atoms with Crippen molar-refractivity contribution in [2.75, 3.05) is 0 Å². The van der Waals surface area contributed by atoms with Crippen LogP contribution in [-0.2, 0) is 0 Å². The van der Waals surface area contributed by atoms with Gasteiger partial charge in [0.25, 0.3) is 0 Å².